The van der Waals surface area contributed by atoms with Crippen molar-refractivity contribution < 1.29 is 14.6 Å². The van der Waals surface area contributed by atoms with Gasteiger partial charge in [-0.15, -0.1) is 0 Å². The fourth-order valence-corrected chi connectivity index (χ4v) is 6.73. The molecule has 0 unspecified atom stereocenters. The molecule has 44 heavy (non-hydrogen) atoms. The first-order valence-electron chi connectivity index (χ1n) is 16.0. The topological polar surface area (TPSA) is 65.9 Å². The number of rotatable bonds is 9. The van der Waals surface area contributed by atoms with E-state index < -0.39 is 17.7 Å². The van der Waals surface area contributed by atoms with Gasteiger partial charge in [-0.05, 0) is 92.7 Å². The summed E-state index contributed by atoms with van der Waals surface area (Å²) in [6.45, 7) is 19.0. The molecule has 0 saturated carbocycles. The van der Waals surface area contributed by atoms with Gasteiger partial charge in [0.1, 0.15) is 0 Å². The SMILES string of the molecule is CCC(C)(C)O[C@H](C(=O)O)c1c(C)ncc(-c2ccc3c(c2)CCN(Cc2c(C)cccc2Cl)C3)c1N1CCC(C)(C)CC1. The van der Waals surface area contributed by atoms with Crippen LogP contribution in [0.2, 0.25) is 5.02 Å². The van der Waals surface area contributed by atoms with E-state index in [1.807, 2.05) is 46.0 Å². The molecule has 3 aromatic rings. The predicted octanol–water partition coefficient (Wildman–Crippen LogP) is 8.53. The average molecular weight is 618 g/mol. The van der Waals surface area contributed by atoms with Crippen LogP contribution in [-0.2, 0) is 29.0 Å². The second-order valence-corrected chi connectivity index (χ2v) is 14.5. The van der Waals surface area contributed by atoms with Crippen LogP contribution in [0.15, 0.2) is 42.6 Å². The predicted molar refractivity (Wildman–Crippen MR) is 179 cm³/mol. The van der Waals surface area contributed by atoms with Crippen LogP contribution in [-0.4, -0.2) is 46.2 Å². The number of carbonyl (C=O) groups is 1. The molecule has 0 radical (unpaired) electrons. The van der Waals surface area contributed by atoms with Crippen LogP contribution in [0, 0.1) is 19.3 Å². The van der Waals surface area contributed by atoms with Crippen molar-refractivity contribution in [1.82, 2.24) is 9.88 Å². The Labute approximate surface area is 268 Å². The van der Waals surface area contributed by atoms with Crippen molar-refractivity contribution >= 4 is 23.3 Å². The maximum absolute atomic E-state index is 12.8. The Morgan fingerprint density at radius 3 is 2.50 bits per heavy atom. The van der Waals surface area contributed by atoms with Crippen LogP contribution in [0.5, 0.6) is 0 Å². The molecule has 1 saturated heterocycles. The molecule has 236 valence electrons. The van der Waals surface area contributed by atoms with Crippen molar-refractivity contribution in [2.45, 2.75) is 98.9 Å². The number of ether oxygens (including phenoxy) is 1. The summed E-state index contributed by atoms with van der Waals surface area (Å²) in [6.07, 6.45) is 4.55. The molecule has 5 rings (SSSR count). The minimum absolute atomic E-state index is 0.256. The van der Waals surface area contributed by atoms with Crippen LogP contribution in [0.4, 0.5) is 5.69 Å². The molecular formula is C37H48ClN3O3. The van der Waals surface area contributed by atoms with Crippen molar-refractivity contribution in [3.8, 4) is 11.1 Å². The third-order valence-corrected chi connectivity index (χ3v) is 10.2. The number of hydrogen-bond acceptors (Lipinski definition) is 5. The third kappa shape index (κ3) is 6.98. The number of aliphatic carboxylic acids is 1. The fourth-order valence-electron chi connectivity index (χ4n) is 6.45. The number of carboxylic acids is 1. The van der Waals surface area contributed by atoms with Crippen LogP contribution in [0.1, 0.15) is 93.5 Å². The Hall–Kier alpha value is -2.93. The molecule has 1 aromatic heterocycles. The molecule has 7 heteroatoms. The number of hydrogen-bond donors (Lipinski definition) is 1. The number of fused-ring (bicyclic) bond motifs is 1. The smallest absolute Gasteiger partial charge is 0.337 e. The zero-order chi connectivity index (χ0) is 31.8. The van der Waals surface area contributed by atoms with Crippen molar-refractivity contribution in [2.75, 3.05) is 24.5 Å². The zero-order valence-corrected chi connectivity index (χ0v) is 28.2. The minimum atomic E-state index is -1.11. The standard InChI is InChI=1S/C37H48ClN3O3/c1-8-37(6,7)44-34(35(42)43)32-25(3)39-21-29(33(32)41-18-15-36(4,5)16-19-41)27-12-13-28-22-40(17-14-26(28)20-27)23-30-24(2)10-9-11-31(30)38/h9-13,20-21,34H,8,14-19,22-23H2,1-7H3,(H,42,43)/t34-/m0/s1. The summed E-state index contributed by atoms with van der Waals surface area (Å²) in [5, 5.41) is 11.3. The summed E-state index contributed by atoms with van der Waals surface area (Å²) >= 11 is 6.56. The highest BCUT2D eigenvalue weighted by molar-refractivity contribution is 6.31. The van der Waals surface area contributed by atoms with E-state index in [-0.39, 0.29) is 5.41 Å². The van der Waals surface area contributed by atoms with E-state index in [4.69, 9.17) is 21.3 Å². The van der Waals surface area contributed by atoms with E-state index in [0.717, 1.165) is 73.8 Å². The van der Waals surface area contributed by atoms with Crippen molar-refractivity contribution in [1.29, 1.82) is 0 Å². The van der Waals surface area contributed by atoms with Crippen LogP contribution < -0.4 is 4.90 Å². The molecule has 1 atom stereocenters. The monoisotopic (exact) mass is 617 g/mol. The van der Waals surface area contributed by atoms with Gasteiger partial charge in [0.2, 0.25) is 0 Å². The van der Waals surface area contributed by atoms with Crippen LogP contribution in [0.3, 0.4) is 0 Å². The highest BCUT2D eigenvalue weighted by Gasteiger charge is 2.36. The molecule has 1 N–H and O–H groups in total. The van der Waals surface area contributed by atoms with E-state index >= 15 is 0 Å². The fraction of sp³-hybridized carbons (Fsp3) is 0.514. The lowest BCUT2D eigenvalue weighted by atomic mass is 9.82. The van der Waals surface area contributed by atoms with Gasteiger partial charge < -0.3 is 14.7 Å². The van der Waals surface area contributed by atoms with Crippen molar-refractivity contribution in [3.63, 3.8) is 0 Å². The number of piperidine rings is 1. The first-order chi connectivity index (χ1) is 20.8. The molecule has 3 heterocycles. The lowest BCUT2D eigenvalue weighted by molar-refractivity contribution is -0.162. The number of aromatic nitrogens is 1. The summed E-state index contributed by atoms with van der Waals surface area (Å²) in [5.74, 6) is -0.980. The van der Waals surface area contributed by atoms with E-state index in [2.05, 4.69) is 54.8 Å². The highest BCUT2D eigenvalue weighted by atomic mass is 35.5. The number of benzene rings is 2. The van der Waals surface area contributed by atoms with E-state index in [9.17, 15) is 9.90 Å². The Balaban J connectivity index is 1.54. The largest absolute Gasteiger partial charge is 0.479 e. The van der Waals surface area contributed by atoms with Gasteiger partial charge in [0.05, 0.1) is 11.3 Å². The summed E-state index contributed by atoms with van der Waals surface area (Å²) in [5.41, 5.74) is 9.13. The average Bonchev–Trinajstić information content (AvgIpc) is 2.97. The Bertz CT molecular complexity index is 1500. The Kier molecular flexibility index (Phi) is 9.46. The first kappa shape index (κ1) is 32.5. The van der Waals surface area contributed by atoms with Gasteiger partial charge in [-0.2, -0.15) is 0 Å². The van der Waals surface area contributed by atoms with Crippen molar-refractivity contribution in [3.05, 3.63) is 81.1 Å². The minimum Gasteiger partial charge on any atom is -0.479 e. The quantitative estimate of drug-likeness (QED) is 0.260. The summed E-state index contributed by atoms with van der Waals surface area (Å²) < 4.78 is 6.37. The zero-order valence-electron chi connectivity index (χ0n) is 27.5. The van der Waals surface area contributed by atoms with Gasteiger partial charge in [0.15, 0.2) is 6.10 Å². The lowest BCUT2D eigenvalue weighted by Crippen LogP contribution is -2.39. The van der Waals surface area contributed by atoms with Crippen molar-refractivity contribution in [2.24, 2.45) is 5.41 Å². The lowest BCUT2D eigenvalue weighted by Gasteiger charge is -2.41. The number of anilines is 1. The van der Waals surface area contributed by atoms with Gasteiger partial charge in [0, 0.05) is 60.8 Å². The number of halogens is 1. The second-order valence-electron chi connectivity index (χ2n) is 14.1. The van der Waals surface area contributed by atoms with Gasteiger partial charge in [-0.3, -0.25) is 9.88 Å². The molecule has 0 amide bonds. The van der Waals surface area contributed by atoms with Gasteiger partial charge in [0.25, 0.3) is 0 Å². The van der Waals surface area contributed by atoms with Crippen LogP contribution in [0.25, 0.3) is 11.1 Å². The van der Waals surface area contributed by atoms with E-state index in [1.165, 1.54) is 22.3 Å². The molecule has 0 spiro atoms. The van der Waals surface area contributed by atoms with E-state index in [0.29, 0.717) is 17.7 Å². The molecule has 1 fully saturated rings. The molecule has 2 aliphatic rings. The summed E-state index contributed by atoms with van der Waals surface area (Å²) in [6, 6.07) is 12.8. The van der Waals surface area contributed by atoms with E-state index in [1.54, 1.807) is 0 Å². The highest BCUT2D eigenvalue weighted by Crippen LogP contribution is 2.44. The Morgan fingerprint density at radius 2 is 1.84 bits per heavy atom. The first-order valence-corrected chi connectivity index (χ1v) is 16.4. The summed E-state index contributed by atoms with van der Waals surface area (Å²) in [7, 11) is 0. The maximum Gasteiger partial charge on any atom is 0.337 e. The Morgan fingerprint density at radius 1 is 1.11 bits per heavy atom. The second kappa shape index (κ2) is 12.8. The molecule has 6 nitrogen and oxygen atoms in total. The molecule has 0 aliphatic carbocycles. The maximum atomic E-state index is 12.8. The molecule has 0 bridgehead atoms. The van der Waals surface area contributed by atoms with Gasteiger partial charge in [-0.1, -0.05) is 62.7 Å². The normalized spacial score (nSPS) is 17.8. The molecule has 2 aromatic carbocycles. The van der Waals surface area contributed by atoms with Gasteiger partial charge in [-0.25, -0.2) is 4.79 Å². The number of pyridine rings is 1. The molecular weight excluding hydrogens is 570 g/mol. The number of carboxylic acid groups (broad SMARTS) is 1. The third-order valence-electron chi connectivity index (χ3n) is 9.84. The summed E-state index contributed by atoms with van der Waals surface area (Å²) in [4.78, 5) is 22.5. The number of nitrogens with zero attached hydrogens (tertiary/aromatic N) is 3. The van der Waals surface area contributed by atoms with Gasteiger partial charge >= 0.3 is 5.97 Å². The number of aryl methyl sites for hydroxylation is 2. The van der Waals surface area contributed by atoms with Crippen LogP contribution >= 0.6 is 11.6 Å². The molecule has 2 aliphatic heterocycles.